The Balaban J connectivity index is 2.68. The molecule has 0 fully saturated rings. The standard InChI is InChI=1S/C14H21O3PSe/c1-12(2)16-18(15,17-13(3)4)19-11-10-14-8-6-5-7-9-14/h5-13H,1-4H3/b11-10+. The first kappa shape index (κ1) is 16.7. The van der Waals surface area contributed by atoms with Crippen molar-refractivity contribution in [1.82, 2.24) is 0 Å². The van der Waals surface area contributed by atoms with Crippen LogP contribution < -0.4 is 0 Å². The molecule has 0 heterocycles. The molecule has 0 aliphatic carbocycles. The van der Waals surface area contributed by atoms with Gasteiger partial charge in [0.1, 0.15) is 0 Å². The maximum atomic E-state index is 12.6. The van der Waals surface area contributed by atoms with E-state index >= 15 is 0 Å². The summed E-state index contributed by atoms with van der Waals surface area (Å²) in [4.78, 5) is 1.91. The van der Waals surface area contributed by atoms with Gasteiger partial charge in [-0.15, -0.1) is 0 Å². The average molecular weight is 347 g/mol. The van der Waals surface area contributed by atoms with Crippen LogP contribution in [0.25, 0.3) is 6.08 Å². The number of hydrogen-bond acceptors (Lipinski definition) is 3. The second-order valence-corrected chi connectivity index (χ2v) is 10.8. The Morgan fingerprint density at radius 3 is 2.05 bits per heavy atom. The Bertz CT molecular complexity index is 429. The molecule has 3 nitrogen and oxygen atoms in total. The van der Waals surface area contributed by atoms with Crippen LogP contribution in [-0.4, -0.2) is 26.7 Å². The van der Waals surface area contributed by atoms with E-state index in [1.54, 1.807) is 0 Å². The molecule has 19 heavy (non-hydrogen) atoms. The summed E-state index contributed by atoms with van der Waals surface area (Å²) < 4.78 is 23.5. The number of benzene rings is 1. The molecule has 1 rings (SSSR count). The molecule has 1 aromatic carbocycles. The first-order valence-electron chi connectivity index (χ1n) is 6.28. The molecule has 0 saturated carbocycles. The second kappa shape index (κ2) is 8.04. The summed E-state index contributed by atoms with van der Waals surface area (Å²) >= 11 is -0.322. The molecular weight excluding hydrogens is 326 g/mol. The summed E-state index contributed by atoms with van der Waals surface area (Å²) in [6, 6.07) is 9.92. The number of hydrogen-bond donors (Lipinski definition) is 0. The predicted molar refractivity (Wildman–Crippen MR) is 81.3 cm³/mol. The van der Waals surface area contributed by atoms with Gasteiger partial charge in [-0.1, -0.05) is 0 Å². The van der Waals surface area contributed by atoms with E-state index in [2.05, 4.69) is 0 Å². The quantitative estimate of drug-likeness (QED) is 0.544. The normalized spacial score (nSPS) is 12.7. The summed E-state index contributed by atoms with van der Waals surface area (Å²) in [6.45, 7) is 7.47. The summed E-state index contributed by atoms with van der Waals surface area (Å²) in [5.41, 5.74) is 1.09. The molecule has 0 bridgehead atoms. The molecule has 0 aliphatic heterocycles. The van der Waals surface area contributed by atoms with Crippen molar-refractivity contribution in [3.8, 4) is 0 Å². The van der Waals surface area contributed by atoms with Crippen molar-refractivity contribution in [1.29, 1.82) is 0 Å². The Morgan fingerprint density at radius 2 is 1.58 bits per heavy atom. The minimum absolute atomic E-state index is 0.100. The Hall–Kier alpha value is -0.371. The van der Waals surface area contributed by atoms with E-state index in [0.29, 0.717) is 0 Å². The van der Waals surface area contributed by atoms with Crippen molar-refractivity contribution < 1.29 is 13.6 Å². The summed E-state index contributed by atoms with van der Waals surface area (Å²) in [5.74, 6) is 0. The molecule has 0 amide bonds. The van der Waals surface area contributed by atoms with E-state index in [9.17, 15) is 4.57 Å². The van der Waals surface area contributed by atoms with E-state index < -0.39 is 6.29 Å². The molecule has 5 heteroatoms. The molecule has 0 spiro atoms. The van der Waals surface area contributed by atoms with E-state index in [1.807, 2.05) is 69.1 Å². The van der Waals surface area contributed by atoms with Gasteiger partial charge in [0.05, 0.1) is 0 Å². The first-order chi connectivity index (χ1) is 8.91. The molecule has 106 valence electrons. The van der Waals surface area contributed by atoms with Crippen LogP contribution in [0.5, 0.6) is 0 Å². The van der Waals surface area contributed by atoms with Crippen molar-refractivity contribution in [3.63, 3.8) is 0 Å². The van der Waals surface area contributed by atoms with Gasteiger partial charge < -0.3 is 0 Å². The van der Waals surface area contributed by atoms with E-state index in [1.165, 1.54) is 0 Å². The van der Waals surface area contributed by atoms with Gasteiger partial charge in [-0.25, -0.2) is 0 Å². The van der Waals surface area contributed by atoms with Gasteiger partial charge in [0, 0.05) is 0 Å². The zero-order valence-corrected chi connectivity index (χ0v) is 14.4. The second-order valence-electron chi connectivity index (χ2n) is 4.57. The third-order valence-corrected chi connectivity index (χ3v) is 7.43. The van der Waals surface area contributed by atoms with Crippen LogP contribution >= 0.6 is 6.29 Å². The Labute approximate surface area is 121 Å². The molecule has 0 unspecified atom stereocenters. The van der Waals surface area contributed by atoms with Crippen LogP contribution in [0, 0.1) is 0 Å². The average Bonchev–Trinajstić information content (AvgIpc) is 2.27. The van der Waals surface area contributed by atoms with Crippen LogP contribution in [-0.2, 0) is 13.6 Å². The SMILES string of the molecule is CC(C)OP(=O)(OC(C)C)[Se]/C=C/c1ccccc1. The number of rotatable bonds is 7. The van der Waals surface area contributed by atoms with Crippen molar-refractivity contribution in [2.75, 3.05) is 0 Å². The minimum atomic E-state index is -2.99. The van der Waals surface area contributed by atoms with E-state index in [0.717, 1.165) is 5.56 Å². The summed E-state index contributed by atoms with van der Waals surface area (Å²) in [7, 11) is 0. The van der Waals surface area contributed by atoms with Gasteiger partial charge in [-0.2, -0.15) is 0 Å². The van der Waals surface area contributed by atoms with Crippen LogP contribution in [0.15, 0.2) is 35.3 Å². The molecule has 0 atom stereocenters. The van der Waals surface area contributed by atoms with Gasteiger partial charge in [-0.3, -0.25) is 0 Å². The first-order valence-corrected chi connectivity index (χ1v) is 11.0. The molecule has 0 N–H and O–H groups in total. The molecule has 0 radical (unpaired) electrons. The maximum absolute atomic E-state index is 12.6. The summed E-state index contributed by atoms with van der Waals surface area (Å²) in [6.07, 6.45) is -1.24. The molecule has 0 aromatic heterocycles. The molecule has 0 aliphatic rings. The fourth-order valence-electron chi connectivity index (χ4n) is 1.34. The Morgan fingerprint density at radius 1 is 1.05 bits per heavy atom. The van der Waals surface area contributed by atoms with Crippen LogP contribution in [0.1, 0.15) is 33.3 Å². The molecule has 0 saturated heterocycles. The third kappa shape index (κ3) is 7.10. The van der Waals surface area contributed by atoms with Gasteiger partial charge in [-0.05, 0) is 0 Å². The van der Waals surface area contributed by atoms with E-state index in [4.69, 9.17) is 9.05 Å². The monoisotopic (exact) mass is 348 g/mol. The van der Waals surface area contributed by atoms with Crippen molar-refractivity contribution >= 4 is 26.9 Å². The van der Waals surface area contributed by atoms with Crippen molar-refractivity contribution in [2.24, 2.45) is 0 Å². The van der Waals surface area contributed by atoms with Crippen molar-refractivity contribution in [2.45, 2.75) is 39.9 Å². The summed E-state index contributed by atoms with van der Waals surface area (Å²) in [5, 5.41) is 0. The zero-order chi connectivity index (χ0) is 14.3. The van der Waals surface area contributed by atoms with Crippen molar-refractivity contribution in [3.05, 3.63) is 40.9 Å². The predicted octanol–water partition coefficient (Wildman–Crippen LogP) is 4.32. The van der Waals surface area contributed by atoms with Crippen LogP contribution in [0.3, 0.4) is 0 Å². The fraction of sp³-hybridized carbons (Fsp3) is 0.429. The van der Waals surface area contributed by atoms with Gasteiger partial charge in [0.2, 0.25) is 0 Å². The Kier molecular flexibility index (Phi) is 7.06. The molecule has 1 aromatic rings. The van der Waals surface area contributed by atoms with Crippen LogP contribution in [0.4, 0.5) is 0 Å². The molecular formula is C14H21O3PSe. The van der Waals surface area contributed by atoms with Gasteiger partial charge >= 0.3 is 121 Å². The van der Waals surface area contributed by atoms with Gasteiger partial charge in [0.15, 0.2) is 0 Å². The van der Waals surface area contributed by atoms with Crippen LogP contribution in [0.2, 0.25) is 0 Å². The zero-order valence-electron chi connectivity index (χ0n) is 11.8. The van der Waals surface area contributed by atoms with E-state index in [-0.39, 0.29) is 26.7 Å². The topological polar surface area (TPSA) is 35.5 Å². The van der Waals surface area contributed by atoms with Gasteiger partial charge in [0.25, 0.3) is 0 Å². The third-order valence-electron chi connectivity index (χ3n) is 1.93. The fourth-order valence-corrected chi connectivity index (χ4v) is 7.17.